The Morgan fingerprint density at radius 1 is 1.26 bits per heavy atom. The van der Waals surface area contributed by atoms with Crippen molar-refractivity contribution in [2.24, 2.45) is 7.05 Å². The highest BCUT2D eigenvalue weighted by Crippen LogP contribution is 2.28. The fraction of sp³-hybridized carbons (Fsp3) is 0.118. The number of anilines is 2. The van der Waals surface area contributed by atoms with Crippen LogP contribution < -0.4 is 5.32 Å². The Morgan fingerprint density at radius 3 is 2.83 bits per heavy atom. The Hall–Kier alpha value is -3.33. The van der Waals surface area contributed by atoms with Gasteiger partial charge >= 0.3 is 0 Å². The molecule has 0 bridgehead atoms. The maximum Gasteiger partial charge on any atom is 0.157 e. The molecule has 0 saturated heterocycles. The fourth-order valence-corrected chi connectivity index (χ4v) is 2.82. The SMILES string of the molecule is Cc1cc(Nc2cnn(C)c2)n2c(nc3ccccc32)c1C#N. The molecule has 0 spiro atoms. The van der Waals surface area contributed by atoms with E-state index in [0.29, 0.717) is 11.2 Å². The molecule has 0 aliphatic heterocycles. The van der Waals surface area contributed by atoms with Crippen LogP contribution in [0.2, 0.25) is 0 Å². The number of fused-ring (bicyclic) bond motifs is 3. The second-order valence-corrected chi connectivity index (χ2v) is 5.49. The molecule has 0 aliphatic carbocycles. The summed E-state index contributed by atoms with van der Waals surface area (Å²) in [5.41, 5.74) is 4.87. The highest BCUT2D eigenvalue weighted by atomic mass is 15.3. The predicted octanol–water partition coefficient (Wildman–Crippen LogP) is 3.14. The molecule has 0 unspecified atom stereocenters. The third kappa shape index (κ3) is 2.02. The summed E-state index contributed by atoms with van der Waals surface area (Å²) in [5, 5.41) is 17.0. The van der Waals surface area contributed by atoms with Crippen LogP contribution in [0.25, 0.3) is 16.7 Å². The summed E-state index contributed by atoms with van der Waals surface area (Å²) in [6.07, 6.45) is 3.66. The topological polar surface area (TPSA) is 70.9 Å². The van der Waals surface area contributed by atoms with Crippen molar-refractivity contribution in [3.05, 3.63) is 53.9 Å². The molecule has 4 rings (SSSR count). The number of rotatable bonds is 2. The van der Waals surface area contributed by atoms with Crippen molar-refractivity contribution in [1.82, 2.24) is 19.2 Å². The molecule has 0 fully saturated rings. The minimum Gasteiger partial charge on any atom is -0.339 e. The molecule has 0 atom stereocenters. The maximum absolute atomic E-state index is 9.49. The second-order valence-electron chi connectivity index (χ2n) is 5.49. The van der Waals surface area contributed by atoms with Crippen molar-refractivity contribution < 1.29 is 0 Å². The lowest BCUT2D eigenvalue weighted by atomic mass is 10.1. The van der Waals surface area contributed by atoms with Gasteiger partial charge in [-0.3, -0.25) is 9.08 Å². The number of nitrogens with one attached hydrogen (secondary N) is 1. The summed E-state index contributed by atoms with van der Waals surface area (Å²) in [5.74, 6) is 0.859. The summed E-state index contributed by atoms with van der Waals surface area (Å²) in [7, 11) is 1.87. The van der Waals surface area contributed by atoms with E-state index in [1.807, 2.05) is 54.9 Å². The van der Waals surface area contributed by atoms with E-state index in [2.05, 4.69) is 21.5 Å². The van der Waals surface area contributed by atoms with E-state index in [1.165, 1.54) is 0 Å². The minimum atomic E-state index is 0.595. The van der Waals surface area contributed by atoms with Gasteiger partial charge in [-0.15, -0.1) is 0 Å². The molecule has 23 heavy (non-hydrogen) atoms. The van der Waals surface area contributed by atoms with Crippen LogP contribution >= 0.6 is 0 Å². The third-order valence-corrected chi connectivity index (χ3v) is 3.86. The molecule has 1 N–H and O–H groups in total. The number of nitriles is 1. The van der Waals surface area contributed by atoms with Gasteiger partial charge in [0.1, 0.15) is 11.9 Å². The standard InChI is InChI=1S/C17H14N6/c1-11-7-16(20-12-9-19-22(2)10-12)23-15-6-4-3-5-14(15)21-17(23)13(11)8-18/h3-7,9-10,20H,1-2H3. The highest BCUT2D eigenvalue weighted by molar-refractivity contribution is 5.85. The van der Waals surface area contributed by atoms with Crippen molar-refractivity contribution in [3.8, 4) is 6.07 Å². The molecule has 3 heterocycles. The maximum atomic E-state index is 9.49. The quantitative estimate of drug-likeness (QED) is 0.617. The van der Waals surface area contributed by atoms with Crippen molar-refractivity contribution in [1.29, 1.82) is 5.26 Å². The Balaban J connectivity index is 2.05. The van der Waals surface area contributed by atoms with E-state index in [1.54, 1.807) is 10.9 Å². The first kappa shape index (κ1) is 13.3. The van der Waals surface area contributed by atoms with Crippen LogP contribution in [0.5, 0.6) is 0 Å². The summed E-state index contributed by atoms with van der Waals surface area (Å²) in [6, 6.07) is 12.1. The van der Waals surface area contributed by atoms with Crippen LogP contribution in [-0.2, 0) is 7.05 Å². The lowest BCUT2D eigenvalue weighted by Crippen LogP contribution is -2.01. The summed E-state index contributed by atoms with van der Waals surface area (Å²) < 4.78 is 3.72. The molecule has 0 amide bonds. The monoisotopic (exact) mass is 302 g/mol. The van der Waals surface area contributed by atoms with Gasteiger partial charge in [-0.1, -0.05) is 12.1 Å². The van der Waals surface area contributed by atoms with Crippen molar-refractivity contribution >= 4 is 28.2 Å². The largest absolute Gasteiger partial charge is 0.339 e. The Labute approximate surface area is 132 Å². The van der Waals surface area contributed by atoms with Gasteiger partial charge in [0.2, 0.25) is 0 Å². The third-order valence-electron chi connectivity index (χ3n) is 3.86. The first-order valence-electron chi connectivity index (χ1n) is 7.24. The van der Waals surface area contributed by atoms with Gasteiger partial charge in [0, 0.05) is 13.2 Å². The minimum absolute atomic E-state index is 0.595. The van der Waals surface area contributed by atoms with E-state index >= 15 is 0 Å². The predicted molar refractivity (Wildman–Crippen MR) is 88.6 cm³/mol. The lowest BCUT2D eigenvalue weighted by Gasteiger charge is -2.11. The molecule has 1 aromatic carbocycles. The molecule has 112 valence electrons. The zero-order valence-electron chi connectivity index (χ0n) is 12.8. The Kier molecular flexibility index (Phi) is 2.81. The van der Waals surface area contributed by atoms with Gasteiger partial charge in [0.15, 0.2) is 5.65 Å². The van der Waals surface area contributed by atoms with E-state index in [-0.39, 0.29) is 0 Å². The molecule has 4 aromatic rings. The number of imidazole rings is 1. The summed E-state index contributed by atoms with van der Waals surface area (Å²) >= 11 is 0. The first-order chi connectivity index (χ1) is 11.2. The number of aromatic nitrogens is 4. The molecular weight excluding hydrogens is 288 g/mol. The first-order valence-corrected chi connectivity index (χ1v) is 7.24. The summed E-state index contributed by atoms with van der Waals surface area (Å²) in [6.45, 7) is 1.92. The number of aryl methyl sites for hydroxylation is 2. The van der Waals surface area contributed by atoms with Gasteiger partial charge in [0.05, 0.1) is 28.5 Å². The zero-order valence-corrected chi connectivity index (χ0v) is 12.8. The number of pyridine rings is 1. The zero-order chi connectivity index (χ0) is 16.0. The van der Waals surface area contributed by atoms with Crippen LogP contribution in [-0.4, -0.2) is 19.2 Å². The number of nitrogens with zero attached hydrogens (tertiary/aromatic N) is 5. The number of benzene rings is 1. The van der Waals surface area contributed by atoms with E-state index in [0.717, 1.165) is 28.1 Å². The van der Waals surface area contributed by atoms with Crippen molar-refractivity contribution in [2.45, 2.75) is 6.92 Å². The molecule has 3 aromatic heterocycles. The molecule has 0 radical (unpaired) electrons. The molecule has 6 nitrogen and oxygen atoms in total. The molecular formula is C17H14N6. The van der Waals surface area contributed by atoms with Crippen LogP contribution in [0.1, 0.15) is 11.1 Å². The fourth-order valence-electron chi connectivity index (χ4n) is 2.82. The van der Waals surface area contributed by atoms with Crippen LogP contribution in [0.15, 0.2) is 42.7 Å². The average Bonchev–Trinajstić information content (AvgIpc) is 3.11. The number of hydrogen-bond acceptors (Lipinski definition) is 4. The van der Waals surface area contributed by atoms with E-state index in [9.17, 15) is 5.26 Å². The van der Waals surface area contributed by atoms with Crippen LogP contribution in [0.3, 0.4) is 0 Å². The molecule has 6 heteroatoms. The van der Waals surface area contributed by atoms with E-state index in [4.69, 9.17) is 0 Å². The Bertz CT molecular complexity index is 1080. The summed E-state index contributed by atoms with van der Waals surface area (Å²) in [4.78, 5) is 4.63. The number of hydrogen-bond donors (Lipinski definition) is 1. The van der Waals surface area contributed by atoms with Crippen LogP contribution in [0.4, 0.5) is 11.5 Å². The average molecular weight is 302 g/mol. The van der Waals surface area contributed by atoms with Gasteiger partial charge in [-0.25, -0.2) is 4.98 Å². The van der Waals surface area contributed by atoms with Crippen LogP contribution in [0, 0.1) is 18.3 Å². The van der Waals surface area contributed by atoms with Gasteiger partial charge < -0.3 is 5.32 Å². The van der Waals surface area contributed by atoms with Gasteiger partial charge in [0.25, 0.3) is 0 Å². The Morgan fingerprint density at radius 2 is 2.09 bits per heavy atom. The highest BCUT2D eigenvalue weighted by Gasteiger charge is 2.15. The van der Waals surface area contributed by atoms with Gasteiger partial charge in [-0.2, -0.15) is 10.4 Å². The van der Waals surface area contributed by atoms with Crippen molar-refractivity contribution in [2.75, 3.05) is 5.32 Å². The second kappa shape index (κ2) is 4.85. The normalized spacial score (nSPS) is 11.0. The number of para-hydroxylation sites is 2. The smallest absolute Gasteiger partial charge is 0.157 e. The van der Waals surface area contributed by atoms with E-state index < -0.39 is 0 Å². The molecule has 0 saturated carbocycles. The van der Waals surface area contributed by atoms with Gasteiger partial charge in [-0.05, 0) is 30.7 Å². The molecule has 0 aliphatic rings. The lowest BCUT2D eigenvalue weighted by molar-refractivity contribution is 0.768. The van der Waals surface area contributed by atoms with Crippen molar-refractivity contribution in [3.63, 3.8) is 0 Å².